The van der Waals surface area contributed by atoms with Gasteiger partial charge in [0.15, 0.2) is 0 Å². The summed E-state index contributed by atoms with van der Waals surface area (Å²) in [7, 11) is 0.897. The van der Waals surface area contributed by atoms with Crippen molar-refractivity contribution in [3.8, 4) is 0 Å². The van der Waals surface area contributed by atoms with Crippen LogP contribution in [0.3, 0.4) is 0 Å². The normalized spacial score (nSPS) is 15.0. The Bertz CT molecular complexity index is 565. The summed E-state index contributed by atoms with van der Waals surface area (Å²) < 4.78 is 12.1. The molecule has 0 rings (SSSR count). The van der Waals surface area contributed by atoms with Gasteiger partial charge in [-0.25, -0.2) is 0 Å². The van der Waals surface area contributed by atoms with Gasteiger partial charge in [0.05, 0.1) is 21.1 Å². The number of nitrogens with zero attached hydrogens (tertiary/aromatic N) is 1. The highest BCUT2D eigenvalue weighted by molar-refractivity contribution is 7.53. The lowest BCUT2D eigenvalue weighted by molar-refractivity contribution is -0.875. The molecule has 1 unspecified atom stereocenters. The Labute approximate surface area is 205 Å². The minimum atomic E-state index is -4.58. The van der Waals surface area contributed by atoms with Gasteiger partial charge in [-0.2, -0.15) is 0 Å². The van der Waals surface area contributed by atoms with Crippen LogP contribution in [0.15, 0.2) is 24.3 Å². The molecule has 3 N–H and O–H groups in total. The molecule has 0 saturated carbocycles. The fraction of sp³-hybridized carbons (Fsp3) is 0.852. The average molecular weight is 489 g/mol. The zero-order valence-corrected chi connectivity index (χ0v) is 23.1. The quantitative estimate of drug-likeness (QED) is 0.0645. The summed E-state index contributed by atoms with van der Waals surface area (Å²) >= 11 is 0. The fourth-order valence-electron chi connectivity index (χ4n) is 4.14. The molecule has 0 aromatic heterocycles. The number of likely N-dealkylation sites (N-methyl/N-ethyl adjacent to an activating group) is 1. The molecule has 0 aliphatic heterocycles. The minimum absolute atomic E-state index is 0.0287. The molecule has 0 amide bonds. The Morgan fingerprint density at radius 1 is 0.667 bits per heavy atom. The maximum absolute atomic E-state index is 11.8. The molecule has 0 radical (unpaired) electrons. The Morgan fingerprint density at radius 2 is 1.03 bits per heavy atom. The zero-order chi connectivity index (χ0) is 25.1. The smallest absolute Gasteiger partial charge is 0.362 e. The lowest BCUT2D eigenvalue weighted by Crippen LogP contribution is -2.49. The van der Waals surface area contributed by atoms with E-state index >= 15 is 0 Å². The topological polar surface area (TPSA) is 77.8 Å². The van der Waals surface area contributed by atoms with Gasteiger partial charge >= 0.3 is 7.60 Å². The molecule has 0 aliphatic rings. The third-order valence-electron chi connectivity index (χ3n) is 6.03. The highest BCUT2D eigenvalue weighted by Crippen LogP contribution is 2.52. The van der Waals surface area contributed by atoms with Crippen molar-refractivity contribution in [2.24, 2.45) is 0 Å². The third kappa shape index (κ3) is 19.5. The maximum atomic E-state index is 11.8. The number of unbranched alkanes of at least 4 members (excludes halogenated alkanes) is 13. The van der Waals surface area contributed by atoms with Gasteiger partial charge in [0, 0.05) is 0 Å². The maximum Gasteiger partial charge on any atom is 0.362 e. The van der Waals surface area contributed by atoms with Crippen LogP contribution in [0.25, 0.3) is 0 Å². The van der Waals surface area contributed by atoms with Crippen molar-refractivity contribution in [1.82, 2.24) is 0 Å². The lowest BCUT2D eigenvalue weighted by Gasteiger charge is -2.35. The van der Waals surface area contributed by atoms with E-state index in [2.05, 4.69) is 25.2 Å². The predicted molar refractivity (Wildman–Crippen MR) is 142 cm³/mol. The van der Waals surface area contributed by atoms with Gasteiger partial charge in [-0.15, -0.1) is 0 Å². The summed E-state index contributed by atoms with van der Waals surface area (Å²) in [6.07, 6.45) is 28.6. The Balaban J connectivity index is 3.65. The first kappa shape index (κ1) is 32.5. The molecule has 1 atom stereocenters. The van der Waals surface area contributed by atoms with Gasteiger partial charge in [0.2, 0.25) is 5.34 Å². The molecule has 6 heteroatoms. The molecule has 0 bridgehead atoms. The molecule has 0 aromatic carbocycles. The largest absolute Gasteiger partial charge is 0.373 e. The molecule has 0 saturated heterocycles. The predicted octanol–water partition coefficient (Wildman–Crippen LogP) is 7.32. The summed E-state index contributed by atoms with van der Waals surface area (Å²) in [5, 5.41) is 8.56. The van der Waals surface area contributed by atoms with E-state index in [1.165, 1.54) is 83.5 Å². The van der Waals surface area contributed by atoms with E-state index in [-0.39, 0.29) is 13.0 Å². The van der Waals surface area contributed by atoms with Gasteiger partial charge < -0.3 is 19.4 Å². The Kier molecular flexibility index (Phi) is 18.6. The molecule has 33 heavy (non-hydrogen) atoms. The first-order valence-corrected chi connectivity index (χ1v) is 15.0. The van der Waals surface area contributed by atoms with Crippen molar-refractivity contribution in [2.45, 2.75) is 121 Å². The van der Waals surface area contributed by atoms with E-state index < -0.39 is 12.9 Å². The van der Waals surface area contributed by atoms with E-state index in [0.29, 0.717) is 10.9 Å². The van der Waals surface area contributed by atoms with Crippen molar-refractivity contribution in [2.75, 3.05) is 27.7 Å². The highest BCUT2D eigenvalue weighted by Gasteiger charge is 2.48. The second kappa shape index (κ2) is 18.8. The summed E-state index contributed by atoms with van der Waals surface area (Å²) in [5.41, 5.74) is 0. The van der Waals surface area contributed by atoms with Crippen molar-refractivity contribution in [1.29, 1.82) is 0 Å². The van der Waals surface area contributed by atoms with Gasteiger partial charge in [-0.3, -0.25) is 4.57 Å². The number of allylic oxidation sites excluding steroid dienone is 4. The number of rotatable bonds is 22. The SMILES string of the molecule is CCCCCC/C=C\CCCCCCCCCC/C=C\CCC(O)(C[N+](C)(C)C)P(=O)(O)O. The number of quaternary nitrogens is 1. The second-order valence-electron chi connectivity index (χ2n) is 10.7. The van der Waals surface area contributed by atoms with Crippen LogP contribution in [0.1, 0.15) is 116 Å². The molecule has 196 valence electrons. The first-order chi connectivity index (χ1) is 15.5. The van der Waals surface area contributed by atoms with Crippen LogP contribution < -0.4 is 0 Å². The van der Waals surface area contributed by atoms with E-state index in [0.717, 1.165) is 12.8 Å². The molecule has 0 spiro atoms. The standard InChI is InChI=1S/C27H54NO4P/c1-5-6-7-8-9-10-11-12-13-14-15-16-17-18-19-20-21-22-23-24-25-27(29,33(30,31)32)26-28(2,3)4/h10-11,22-23,29H,5-9,12-21,24-26H2,1-4H3,(H-,30,31,32)/p+1/b11-10-,23-22-. The van der Waals surface area contributed by atoms with Crippen molar-refractivity contribution >= 4 is 7.60 Å². The molecule has 5 nitrogen and oxygen atoms in total. The number of hydrogen-bond donors (Lipinski definition) is 3. The van der Waals surface area contributed by atoms with Gasteiger partial charge in [-0.05, 0) is 51.4 Å². The lowest BCUT2D eigenvalue weighted by atomic mass is 10.1. The van der Waals surface area contributed by atoms with Gasteiger partial charge in [0.25, 0.3) is 0 Å². The van der Waals surface area contributed by atoms with Gasteiger partial charge in [-0.1, -0.05) is 89.0 Å². The van der Waals surface area contributed by atoms with Crippen molar-refractivity contribution < 1.29 is 23.9 Å². The monoisotopic (exact) mass is 488 g/mol. The minimum Gasteiger partial charge on any atom is -0.373 e. The Morgan fingerprint density at radius 3 is 1.39 bits per heavy atom. The van der Waals surface area contributed by atoms with E-state index in [9.17, 15) is 19.5 Å². The van der Waals surface area contributed by atoms with E-state index in [1.54, 1.807) is 0 Å². The zero-order valence-electron chi connectivity index (χ0n) is 22.2. The van der Waals surface area contributed by atoms with E-state index in [1.807, 2.05) is 27.2 Å². The third-order valence-corrected chi connectivity index (χ3v) is 7.48. The van der Waals surface area contributed by atoms with Crippen LogP contribution in [-0.4, -0.2) is 52.4 Å². The Hall–Kier alpha value is -0.450. The number of hydrogen-bond acceptors (Lipinski definition) is 2. The highest BCUT2D eigenvalue weighted by atomic mass is 31.2. The van der Waals surface area contributed by atoms with Crippen LogP contribution in [0.4, 0.5) is 0 Å². The molecule has 0 fully saturated rings. The summed E-state index contributed by atoms with van der Waals surface area (Å²) in [6, 6.07) is 0. The molecular formula is C27H55NO4P+. The second-order valence-corrected chi connectivity index (χ2v) is 12.6. The van der Waals surface area contributed by atoms with Crippen molar-refractivity contribution in [3.63, 3.8) is 0 Å². The molecule has 0 aromatic rings. The van der Waals surface area contributed by atoms with Crippen molar-refractivity contribution in [3.05, 3.63) is 24.3 Å². The van der Waals surface area contributed by atoms with E-state index in [4.69, 9.17) is 0 Å². The van der Waals surface area contributed by atoms with Crippen LogP contribution in [0.5, 0.6) is 0 Å². The first-order valence-electron chi connectivity index (χ1n) is 13.4. The molecular weight excluding hydrogens is 433 g/mol. The molecule has 0 heterocycles. The molecule has 0 aliphatic carbocycles. The van der Waals surface area contributed by atoms with Gasteiger partial charge in [0.1, 0.15) is 6.54 Å². The van der Waals surface area contributed by atoms with Crippen LogP contribution in [0, 0.1) is 0 Å². The summed E-state index contributed by atoms with van der Waals surface area (Å²) in [5.74, 6) is 0. The average Bonchev–Trinajstić information content (AvgIpc) is 2.70. The fourth-order valence-corrected chi connectivity index (χ4v) is 5.17. The van der Waals surface area contributed by atoms with Crippen LogP contribution >= 0.6 is 7.60 Å². The summed E-state index contributed by atoms with van der Waals surface area (Å²) in [4.78, 5) is 19.2. The van der Waals surface area contributed by atoms with Crippen LogP contribution in [-0.2, 0) is 4.57 Å². The summed E-state index contributed by atoms with van der Waals surface area (Å²) in [6.45, 7) is 2.29. The van der Waals surface area contributed by atoms with Crippen LogP contribution in [0.2, 0.25) is 0 Å². The number of aliphatic hydroxyl groups is 1.